The van der Waals surface area contributed by atoms with Crippen LogP contribution in [0, 0.1) is 0 Å². The molecule has 0 heterocycles. The van der Waals surface area contributed by atoms with E-state index in [2.05, 4.69) is 36.6 Å². The van der Waals surface area contributed by atoms with Gasteiger partial charge in [-0.05, 0) is 55.0 Å². The number of rotatable bonds is 7. The minimum atomic E-state index is -0.942. The maximum absolute atomic E-state index is 12.3. The zero-order chi connectivity index (χ0) is 20.0. The van der Waals surface area contributed by atoms with Crippen molar-refractivity contribution in [3.8, 4) is 0 Å². The first-order valence-corrected chi connectivity index (χ1v) is 9.18. The van der Waals surface area contributed by atoms with Gasteiger partial charge in [0.25, 0.3) is 0 Å². The SMILES string of the molecule is CC(C)c1cccc(C(C)(C)NC(=O)NCCc2ccc(C(=O)O)cc2)c1. The molecule has 0 aromatic heterocycles. The largest absolute Gasteiger partial charge is 0.478 e. The molecular formula is C22H28N2O3. The Labute approximate surface area is 160 Å². The number of hydrogen-bond acceptors (Lipinski definition) is 2. The third kappa shape index (κ3) is 5.84. The molecule has 0 saturated carbocycles. The summed E-state index contributed by atoms with van der Waals surface area (Å²) in [6, 6.07) is 14.7. The number of carboxylic acid groups (broad SMARTS) is 1. The summed E-state index contributed by atoms with van der Waals surface area (Å²) in [5, 5.41) is 14.8. The molecule has 2 aromatic carbocycles. The van der Waals surface area contributed by atoms with Crippen molar-refractivity contribution < 1.29 is 14.7 Å². The van der Waals surface area contributed by atoms with Crippen LogP contribution >= 0.6 is 0 Å². The summed E-state index contributed by atoms with van der Waals surface area (Å²) in [4.78, 5) is 23.1. The van der Waals surface area contributed by atoms with Gasteiger partial charge in [-0.1, -0.05) is 50.2 Å². The molecule has 27 heavy (non-hydrogen) atoms. The lowest BCUT2D eigenvalue weighted by Crippen LogP contribution is -2.46. The number of carboxylic acids is 1. The smallest absolute Gasteiger partial charge is 0.335 e. The Morgan fingerprint density at radius 3 is 2.33 bits per heavy atom. The quantitative estimate of drug-likeness (QED) is 0.682. The van der Waals surface area contributed by atoms with Gasteiger partial charge in [-0.3, -0.25) is 0 Å². The minimum Gasteiger partial charge on any atom is -0.478 e. The lowest BCUT2D eigenvalue weighted by atomic mass is 9.90. The molecule has 0 aliphatic heterocycles. The molecule has 0 bridgehead atoms. The molecule has 0 atom stereocenters. The number of carbonyl (C=O) groups excluding carboxylic acids is 1. The summed E-state index contributed by atoms with van der Waals surface area (Å²) in [7, 11) is 0. The topological polar surface area (TPSA) is 78.4 Å². The van der Waals surface area contributed by atoms with Crippen LogP contribution in [0.4, 0.5) is 4.79 Å². The fraction of sp³-hybridized carbons (Fsp3) is 0.364. The second kappa shape index (κ2) is 8.71. The first-order chi connectivity index (χ1) is 12.7. The highest BCUT2D eigenvalue weighted by Gasteiger charge is 2.23. The van der Waals surface area contributed by atoms with Gasteiger partial charge in [0.1, 0.15) is 0 Å². The van der Waals surface area contributed by atoms with Crippen molar-refractivity contribution in [1.82, 2.24) is 10.6 Å². The van der Waals surface area contributed by atoms with Crippen LogP contribution in [-0.4, -0.2) is 23.7 Å². The fourth-order valence-electron chi connectivity index (χ4n) is 2.82. The van der Waals surface area contributed by atoms with Crippen molar-refractivity contribution in [2.24, 2.45) is 0 Å². The van der Waals surface area contributed by atoms with Gasteiger partial charge in [0.15, 0.2) is 0 Å². The summed E-state index contributed by atoms with van der Waals surface area (Å²) in [6.45, 7) is 8.73. The molecule has 0 saturated heterocycles. The first kappa shape index (κ1) is 20.5. The Hall–Kier alpha value is -2.82. The van der Waals surface area contributed by atoms with Crippen LogP contribution in [0.1, 0.15) is 60.7 Å². The highest BCUT2D eigenvalue weighted by Crippen LogP contribution is 2.24. The van der Waals surface area contributed by atoms with E-state index in [1.54, 1.807) is 24.3 Å². The second-order valence-electron chi connectivity index (χ2n) is 7.54. The molecule has 2 rings (SSSR count). The van der Waals surface area contributed by atoms with Gasteiger partial charge >= 0.3 is 12.0 Å². The van der Waals surface area contributed by atoms with Crippen molar-refractivity contribution in [2.45, 2.75) is 45.6 Å². The van der Waals surface area contributed by atoms with Crippen LogP contribution in [0.15, 0.2) is 48.5 Å². The molecule has 0 aliphatic rings. The average molecular weight is 368 g/mol. The molecule has 3 N–H and O–H groups in total. The van der Waals surface area contributed by atoms with Crippen molar-refractivity contribution in [3.05, 3.63) is 70.8 Å². The van der Waals surface area contributed by atoms with Gasteiger partial charge in [-0.15, -0.1) is 0 Å². The summed E-state index contributed by atoms with van der Waals surface area (Å²) < 4.78 is 0. The highest BCUT2D eigenvalue weighted by molar-refractivity contribution is 5.87. The molecule has 0 fully saturated rings. The number of benzene rings is 2. The summed E-state index contributed by atoms with van der Waals surface area (Å²) in [5.41, 5.74) is 3.05. The predicted octanol–water partition coefficient (Wildman–Crippen LogP) is 4.29. The van der Waals surface area contributed by atoms with Gasteiger partial charge in [0.05, 0.1) is 11.1 Å². The van der Waals surface area contributed by atoms with Crippen LogP contribution in [-0.2, 0) is 12.0 Å². The number of nitrogens with one attached hydrogen (secondary N) is 2. The molecule has 2 aromatic rings. The van der Waals surface area contributed by atoms with E-state index in [-0.39, 0.29) is 11.6 Å². The monoisotopic (exact) mass is 368 g/mol. The van der Waals surface area contributed by atoms with Crippen molar-refractivity contribution in [3.63, 3.8) is 0 Å². The van der Waals surface area contributed by atoms with Gasteiger partial charge in [-0.2, -0.15) is 0 Å². The summed E-state index contributed by atoms with van der Waals surface area (Å²) in [5.74, 6) is -0.509. The number of urea groups is 1. The second-order valence-corrected chi connectivity index (χ2v) is 7.54. The lowest BCUT2D eigenvalue weighted by Gasteiger charge is -2.28. The molecule has 5 heteroatoms. The van der Waals surface area contributed by atoms with Crippen molar-refractivity contribution >= 4 is 12.0 Å². The van der Waals surface area contributed by atoms with E-state index in [0.717, 1.165) is 11.1 Å². The summed E-state index contributed by atoms with van der Waals surface area (Å²) in [6.07, 6.45) is 0.635. The Kier molecular flexibility index (Phi) is 6.61. The third-order valence-electron chi connectivity index (χ3n) is 4.60. The van der Waals surface area contributed by atoms with Crippen LogP contribution in [0.5, 0.6) is 0 Å². The van der Waals surface area contributed by atoms with E-state index in [0.29, 0.717) is 18.9 Å². The Bertz CT molecular complexity index is 795. The molecule has 0 radical (unpaired) electrons. The third-order valence-corrected chi connectivity index (χ3v) is 4.60. The Balaban J connectivity index is 1.88. The van der Waals surface area contributed by atoms with E-state index in [4.69, 9.17) is 5.11 Å². The Morgan fingerprint density at radius 1 is 1.07 bits per heavy atom. The van der Waals surface area contributed by atoms with Crippen LogP contribution in [0.3, 0.4) is 0 Å². The van der Waals surface area contributed by atoms with E-state index in [1.165, 1.54) is 5.56 Å². The normalized spacial score (nSPS) is 11.3. The lowest BCUT2D eigenvalue weighted by molar-refractivity contribution is 0.0697. The van der Waals surface area contributed by atoms with Gasteiger partial charge < -0.3 is 15.7 Å². The van der Waals surface area contributed by atoms with E-state index < -0.39 is 11.5 Å². The minimum absolute atomic E-state index is 0.225. The zero-order valence-electron chi connectivity index (χ0n) is 16.4. The van der Waals surface area contributed by atoms with Crippen LogP contribution in [0.2, 0.25) is 0 Å². The maximum atomic E-state index is 12.3. The molecule has 0 unspecified atom stereocenters. The van der Waals surface area contributed by atoms with E-state index in [9.17, 15) is 9.59 Å². The van der Waals surface area contributed by atoms with Gasteiger partial charge in [-0.25, -0.2) is 9.59 Å². The number of hydrogen-bond donors (Lipinski definition) is 3. The van der Waals surface area contributed by atoms with E-state index >= 15 is 0 Å². The predicted molar refractivity (Wildman–Crippen MR) is 107 cm³/mol. The molecular weight excluding hydrogens is 340 g/mol. The van der Waals surface area contributed by atoms with Gasteiger partial charge in [0.2, 0.25) is 0 Å². The fourth-order valence-corrected chi connectivity index (χ4v) is 2.82. The summed E-state index contributed by atoms with van der Waals surface area (Å²) >= 11 is 0. The Morgan fingerprint density at radius 2 is 1.74 bits per heavy atom. The standard InChI is InChI=1S/C22H28N2O3/c1-15(2)18-6-5-7-19(14-18)22(3,4)24-21(27)23-13-12-16-8-10-17(11-9-16)20(25)26/h5-11,14-15H,12-13H2,1-4H3,(H,25,26)(H2,23,24,27). The average Bonchev–Trinajstić information content (AvgIpc) is 2.62. The number of aromatic carboxylic acids is 1. The highest BCUT2D eigenvalue weighted by atomic mass is 16.4. The molecule has 0 aliphatic carbocycles. The number of carbonyl (C=O) groups is 2. The van der Waals surface area contributed by atoms with Crippen molar-refractivity contribution in [1.29, 1.82) is 0 Å². The van der Waals surface area contributed by atoms with Crippen LogP contribution in [0.25, 0.3) is 0 Å². The molecule has 5 nitrogen and oxygen atoms in total. The number of amides is 2. The zero-order valence-corrected chi connectivity index (χ0v) is 16.4. The van der Waals surface area contributed by atoms with Crippen LogP contribution < -0.4 is 10.6 Å². The van der Waals surface area contributed by atoms with Crippen molar-refractivity contribution in [2.75, 3.05) is 6.54 Å². The molecule has 2 amide bonds. The van der Waals surface area contributed by atoms with Gasteiger partial charge in [0, 0.05) is 6.54 Å². The first-order valence-electron chi connectivity index (χ1n) is 9.18. The molecule has 0 spiro atoms. The van der Waals surface area contributed by atoms with E-state index in [1.807, 2.05) is 26.0 Å². The maximum Gasteiger partial charge on any atom is 0.335 e. The molecule has 144 valence electrons.